The molecule has 0 amide bonds. The second-order valence-electron chi connectivity index (χ2n) is 5.31. The van der Waals surface area contributed by atoms with Crippen molar-refractivity contribution in [3.63, 3.8) is 0 Å². The summed E-state index contributed by atoms with van der Waals surface area (Å²) >= 11 is 0. The quantitative estimate of drug-likeness (QED) is 0.497. The molecule has 0 bridgehead atoms. The summed E-state index contributed by atoms with van der Waals surface area (Å²) in [6.07, 6.45) is -0.477. The van der Waals surface area contributed by atoms with Crippen LogP contribution in [0.1, 0.15) is 20.3 Å². The first kappa shape index (κ1) is 16.3. The topological polar surface area (TPSA) is 90.7 Å². The third-order valence-electron chi connectivity index (χ3n) is 2.18. The molecular formula is C10H22N2O4S. The first-order valence-corrected chi connectivity index (χ1v) is 7.15. The molecule has 0 radical (unpaired) electrons. The van der Waals surface area contributed by atoms with Gasteiger partial charge in [0.15, 0.2) is 0 Å². The summed E-state index contributed by atoms with van der Waals surface area (Å²) in [4.78, 5) is 11.4. The number of sulfonamides is 1. The number of carboxylic acid groups (broad SMARTS) is 1. The molecular weight excluding hydrogens is 244 g/mol. The lowest BCUT2D eigenvalue weighted by Crippen LogP contribution is -3.07. The number of quaternary nitrogens is 1. The van der Waals surface area contributed by atoms with Gasteiger partial charge >= 0.3 is 0 Å². The zero-order chi connectivity index (χ0) is 13.7. The maximum Gasteiger partial charge on any atom is 0.211 e. The van der Waals surface area contributed by atoms with Crippen LogP contribution < -0.4 is 14.7 Å². The van der Waals surface area contributed by atoms with Crippen molar-refractivity contribution in [1.29, 1.82) is 0 Å². The smallest absolute Gasteiger partial charge is 0.211 e. The molecule has 0 saturated carbocycles. The molecule has 0 aromatic rings. The van der Waals surface area contributed by atoms with Gasteiger partial charge in [-0.05, 0) is 0 Å². The molecule has 0 saturated heterocycles. The molecule has 0 aliphatic rings. The predicted octanol–water partition coefficient (Wildman–Crippen LogP) is -2.78. The van der Waals surface area contributed by atoms with Crippen LogP contribution in [-0.2, 0) is 14.8 Å². The van der Waals surface area contributed by atoms with Crippen molar-refractivity contribution >= 4 is 16.0 Å². The highest BCUT2D eigenvalue weighted by Crippen LogP contribution is 2.10. The van der Waals surface area contributed by atoms with E-state index in [4.69, 9.17) is 0 Å². The van der Waals surface area contributed by atoms with Crippen molar-refractivity contribution in [3.8, 4) is 0 Å². The Kier molecular flexibility index (Phi) is 6.08. The van der Waals surface area contributed by atoms with Gasteiger partial charge in [-0.15, -0.1) is 0 Å². The second-order valence-corrected chi connectivity index (χ2v) is 7.24. The van der Waals surface area contributed by atoms with Crippen LogP contribution in [-0.4, -0.2) is 47.3 Å². The van der Waals surface area contributed by atoms with E-state index in [-0.39, 0.29) is 5.41 Å². The molecule has 0 atom stereocenters. The number of carboxylic acids is 1. The molecule has 0 aromatic heterocycles. The van der Waals surface area contributed by atoms with Crippen molar-refractivity contribution in [3.05, 3.63) is 0 Å². The standard InChI is InChI=1S/C10H22N2O4S/c1-10(2,8-12(3)4)7-11-17(15,16)6-5-9(13)14/h11H,5-8H2,1-4H3,(H,13,14). The normalized spacial score (nSPS) is 13.0. The van der Waals surface area contributed by atoms with E-state index >= 15 is 0 Å². The summed E-state index contributed by atoms with van der Waals surface area (Å²) < 4.78 is 25.3. The first-order chi connectivity index (χ1) is 7.54. The Hall–Kier alpha value is -0.660. The van der Waals surface area contributed by atoms with Gasteiger partial charge in [-0.3, -0.25) is 0 Å². The Bertz CT molecular complexity index is 349. The molecule has 0 heterocycles. The average molecular weight is 266 g/mol. The number of nitrogens with one attached hydrogen (secondary N) is 2. The predicted molar refractivity (Wildman–Crippen MR) is 62.9 cm³/mol. The van der Waals surface area contributed by atoms with Crippen molar-refractivity contribution < 1.29 is 23.2 Å². The van der Waals surface area contributed by atoms with Gasteiger partial charge in [0.1, 0.15) is 0 Å². The third-order valence-corrected chi connectivity index (χ3v) is 3.50. The van der Waals surface area contributed by atoms with Crippen LogP contribution in [0.2, 0.25) is 0 Å². The molecule has 0 aliphatic heterocycles. The minimum absolute atomic E-state index is 0.173. The summed E-state index contributed by atoms with van der Waals surface area (Å²) in [6, 6.07) is 0. The molecule has 7 heteroatoms. The fourth-order valence-corrected chi connectivity index (χ4v) is 2.81. The largest absolute Gasteiger partial charge is 0.550 e. The highest BCUT2D eigenvalue weighted by molar-refractivity contribution is 7.89. The van der Waals surface area contributed by atoms with Gasteiger partial charge < -0.3 is 14.8 Å². The van der Waals surface area contributed by atoms with E-state index in [0.717, 1.165) is 6.54 Å². The number of rotatable bonds is 8. The molecule has 0 rings (SSSR count). The lowest BCUT2D eigenvalue weighted by molar-refractivity contribution is -0.865. The summed E-state index contributed by atoms with van der Waals surface area (Å²) in [5.41, 5.74) is -0.173. The van der Waals surface area contributed by atoms with Crippen LogP contribution in [0.5, 0.6) is 0 Å². The fraction of sp³-hybridized carbons (Fsp3) is 0.900. The molecule has 0 aromatic carbocycles. The Morgan fingerprint density at radius 3 is 2.29 bits per heavy atom. The molecule has 0 fully saturated rings. The van der Waals surface area contributed by atoms with Gasteiger partial charge in [0, 0.05) is 24.3 Å². The number of hydrogen-bond acceptors (Lipinski definition) is 4. The third kappa shape index (κ3) is 9.08. The van der Waals surface area contributed by atoms with Gasteiger partial charge in [0.2, 0.25) is 10.0 Å². The average Bonchev–Trinajstić information content (AvgIpc) is 2.10. The summed E-state index contributed by atoms with van der Waals surface area (Å²) in [5, 5.41) is 10.2. The van der Waals surface area contributed by atoms with Crippen molar-refractivity contribution in [2.24, 2.45) is 5.41 Å². The lowest BCUT2D eigenvalue weighted by Gasteiger charge is -2.26. The second kappa shape index (κ2) is 6.32. The maximum absolute atomic E-state index is 11.5. The summed E-state index contributed by atoms with van der Waals surface area (Å²) in [6.45, 7) is 5.03. The van der Waals surface area contributed by atoms with E-state index in [1.165, 1.54) is 4.90 Å². The van der Waals surface area contributed by atoms with Gasteiger partial charge in [-0.2, -0.15) is 0 Å². The fourth-order valence-electron chi connectivity index (χ4n) is 1.61. The first-order valence-electron chi connectivity index (χ1n) is 5.50. The zero-order valence-corrected chi connectivity index (χ0v) is 11.7. The highest BCUT2D eigenvalue weighted by atomic mass is 32.2. The number of aliphatic carboxylic acids is 1. The molecule has 17 heavy (non-hydrogen) atoms. The van der Waals surface area contributed by atoms with Gasteiger partial charge in [-0.1, -0.05) is 13.8 Å². The van der Waals surface area contributed by atoms with Gasteiger partial charge in [0.25, 0.3) is 0 Å². The van der Waals surface area contributed by atoms with Gasteiger partial charge in [0.05, 0.1) is 26.4 Å². The van der Waals surface area contributed by atoms with Crippen LogP contribution in [0.25, 0.3) is 0 Å². The van der Waals surface area contributed by atoms with Crippen LogP contribution in [0.4, 0.5) is 0 Å². The molecule has 0 aliphatic carbocycles. The number of carbonyl (C=O) groups is 1. The molecule has 0 spiro atoms. The van der Waals surface area contributed by atoms with E-state index in [9.17, 15) is 18.3 Å². The SMILES string of the molecule is C[NH+](C)CC(C)(C)CNS(=O)(=O)CCC(=O)[O-]. The summed E-state index contributed by atoms with van der Waals surface area (Å²) in [5.74, 6) is -1.78. The summed E-state index contributed by atoms with van der Waals surface area (Å²) in [7, 11) is 0.459. The maximum atomic E-state index is 11.5. The molecule has 2 N–H and O–H groups in total. The van der Waals surface area contributed by atoms with E-state index < -0.39 is 28.2 Å². The Morgan fingerprint density at radius 2 is 1.88 bits per heavy atom. The molecule has 6 nitrogen and oxygen atoms in total. The van der Waals surface area contributed by atoms with E-state index in [1.54, 1.807) is 0 Å². The van der Waals surface area contributed by atoms with Crippen molar-refractivity contribution in [2.45, 2.75) is 20.3 Å². The number of carbonyl (C=O) groups excluding carboxylic acids is 1. The van der Waals surface area contributed by atoms with Crippen LogP contribution in [0.15, 0.2) is 0 Å². The van der Waals surface area contributed by atoms with Crippen LogP contribution >= 0.6 is 0 Å². The Morgan fingerprint density at radius 1 is 1.35 bits per heavy atom. The molecule has 102 valence electrons. The molecule has 0 unspecified atom stereocenters. The monoisotopic (exact) mass is 266 g/mol. The van der Waals surface area contributed by atoms with E-state index in [1.807, 2.05) is 27.9 Å². The van der Waals surface area contributed by atoms with Crippen molar-refractivity contribution in [2.75, 3.05) is 32.9 Å². The minimum Gasteiger partial charge on any atom is -0.550 e. The minimum atomic E-state index is -3.53. The zero-order valence-electron chi connectivity index (χ0n) is 10.9. The van der Waals surface area contributed by atoms with Crippen LogP contribution in [0, 0.1) is 5.41 Å². The van der Waals surface area contributed by atoms with E-state index in [2.05, 4.69) is 4.72 Å². The Labute approximate surface area is 103 Å². The van der Waals surface area contributed by atoms with E-state index in [0.29, 0.717) is 6.54 Å². The lowest BCUT2D eigenvalue weighted by atomic mass is 9.93. The van der Waals surface area contributed by atoms with Gasteiger partial charge in [-0.25, -0.2) is 13.1 Å². The number of hydrogen-bond donors (Lipinski definition) is 2. The Balaban J connectivity index is 4.21. The van der Waals surface area contributed by atoms with Crippen molar-refractivity contribution in [1.82, 2.24) is 4.72 Å². The highest BCUT2D eigenvalue weighted by Gasteiger charge is 2.24. The van der Waals surface area contributed by atoms with Crippen LogP contribution in [0.3, 0.4) is 0 Å².